The second-order valence-corrected chi connectivity index (χ2v) is 6.64. The minimum atomic E-state index is -0.559. The lowest BCUT2D eigenvalue weighted by Crippen LogP contribution is -2.53. The molecule has 0 aliphatic carbocycles. The number of likely N-dealkylation sites (N-methyl/N-ethyl adjacent to an activating group) is 1. The number of rotatable bonds is 11. The Kier molecular flexibility index (Phi) is 9.06. The molecule has 120 valence electrons. The first-order valence-corrected chi connectivity index (χ1v) is 7.98. The zero-order valence-corrected chi connectivity index (χ0v) is 14.3. The third kappa shape index (κ3) is 7.25. The van der Waals surface area contributed by atoms with Gasteiger partial charge < -0.3 is 16.0 Å². The Morgan fingerprint density at radius 1 is 1.30 bits per heavy atom. The summed E-state index contributed by atoms with van der Waals surface area (Å²) in [5, 5.41) is 3.21. The number of hydrogen-bond acceptors (Lipinski definition) is 3. The van der Waals surface area contributed by atoms with Crippen LogP contribution in [-0.4, -0.2) is 42.5 Å². The van der Waals surface area contributed by atoms with Crippen LogP contribution < -0.4 is 11.1 Å². The Morgan fingerprint density at radius 3 is 2.35 bits per heavy atom. The maximum Gasteiger partial charge on any atom is 0.237 e. The van der Waals surface area contributed by atoms with Crippen molar-refractivity contribution in [2.45, 2.75) is 71.9 Å². The number of amides is 1. The predicted octanol–water partition coefficient (Wildman–Crippen LogP) is 2.38. The Hall–Kier alpha value is -0.610. The van der Waals surface area contributed by atoms with Crippen LogP contribution in [0, 0.1) is 5.92 Å². The van der Waals surface area contributed by atoms with Gasteiger partial charge in [-0.25, -0.2) is 0 Å². The first kappa shape index (κ1) is 19.4. The van der Waals surface area contributed by atoms with E-state index in [1.807, 2.05) is 13.8 Å². The molecule has 1 amide bonds. The first-order valence-electron chi connectivity index (χ1n) is 7.98. The minimum absolute atomic E-state index is 0.249. The van der Waals surface area contributed by atoms with E-state index in [0.29, 0.717) is 6.04 Å². The number of unbranched alkanes of at least 4 members (excludes halogenated alkanes) is 1. The van der Waals surface area contributed by atoms with Crippen molar-refractivity contribution in [2.75, 3.05) is 20.1 Å². The van der Waals surface area contributed by atoms with Gasteiger partial charge in [0.25, 0.3) is 0 Å². The maximum absolute atomic E-state index is 11.5. The maximum atomic E-state index is 11.5. The molecule has 4 nitrogen and oxygen atoms in total. The average Bonchev–Trinajstić information content (AvgIpc) is 2.33. The van der Waals surface area contributed by atoms with Crippen LogP contribution in [0.2, 0.25) is 0 Å². The van der Waals surface area contributed by atoms with Gasteiger partial charge in [0, 0.05) is 6.04 Å². The van der Waals surface area contributed by atoms with E-state index >= 15 is 0 Å². The van der Waals surface area contributed by atoms with Gasteiger partial charge in [-0.15, -0.1) is 0 Å². The lowest BCUT2D eigenvalue weighted by atomic mass is 9.93. The highest BCUT2D eigenvalue weighted by atomic mass is 16.1. The smallest absolute Gasteiger partial charge is 0.237 e. The third-order valence-corrected chi connectivity index (χ3v) is 4.11. The van der Waals surface area contributed by atoms with Crippen molar-refractivity contribution >= 4 is 5.91 Å². The van der Waals surface area contributed by atoms with E-state index in [4.69, 9.17) is 5.73 Å². The molecule has 0 bridgehead atoms. The molecule has 4 heteroatoms. The van der Waals surface area contributed by atoms with Crippen LogP contribution in [0.1, 0.15) is 60.3 Å². The summed E-state index contributed by atoms with van der Waals surface area (Å²) < 4.78 is 0. The minimum Gasteiger partial charge on any atom is -0.368 e. The van der Waals surface area contributed by atoms with Crippen molar-refractivity contribution in [3.8, 4) is 0 Å². The van der Waals surface area contributed by atoms with E-state index in [0.717, 1.165) is 38.3 Å². The standard InChI is InChI=1S/C16H35N3O/c1-7-18-16(5,15(17)20)10-8-9-11-19(6)14(4)12-13(2)3/h13-14,18H,7-12H2,1-6H3,(H2,17,20). The molecule has 0 spiro atoms. The van der Waals surface area contributed by atoms with Crippen molar-refractivity contribution in [1.82, 2.24) is 10.2 Å². The van der Waals surface area contributed by atoms with E-state index in [2.05, 4.69) is 38.0 Å². The topological polar surface area (TPSA) is 58.4 Å². The number of primary amides is 1. The highest BCUT2D eigenvalue weighted by Crippen LogP contribution is 2.15. The van der Waals surface area contributed by atoms with Gasteiger partial charge in [-0.2, -0.15) is 0 Å². The van der Waals surface area contributed by atoms with E-state index in [1.165, 1.54) is 6.42 Å². The van der Waals surface area contributed by atoms with Crippen molar-refractivity contribution in [3.63, 3.8) is 0 Å². The third-order valence-electron chi connectivity index (χ3n) is 4.11. The number of carbonyl (C=O) groups excluding carboxylic acids is 1. The van der Waals surface area contributed by atoms with E-state index in [9.17, 15) is 4.79 Å². The normalized spacial score (nSPS) is 16.4. The number of carbonyl (C=O) groups is 1. The summed E-state index contributed by atoms with van der Waals surface area (Å²) in [6.45, 7) is 12.6. The molecule has 2 atom stereocenters. The summed E-state index contributed by atoms with van der Waals surface area (Å²) in [6, 6.07) is 0.617. The molecule has 2 unspecified atom stereocenters. The second-order valence-electron chi connectivity index (χ2n) is 6.64. The average molecular weight is 285 g/mol. The zero-order chi connectivity index (χ0) is 15.8. The SMILES string of the molecule is CCNC(C)(CCCCN(C)C(C)CC(C)C)C(N)=O. The Morgan fingerprint density at radius 2 is 1.90 bits per heavy atom. The van der Waals surface area contributed by atoms with Crippen molar-refractivity contribution in [1.29, 1.82) is 0 Å². The van der Waals surface area contributed by atoms with Crippen LogP contribution in [0.4, 0.5) is 0 Å². The molecule has 0 rings (SSSR count). The van der Waals surface area contributed by atoms with Crippen LogP contribution in [0.5, 0.6) is 0 Å². The monoisotopic (exact) mass is 285 g/mol. The van der Waals surface area contributed by atoms with E-state index < -0.39 is 5.54 Å². The van der Waals surface area contributed by atoms with Crippen molar-refractivity contribution in [3.05, 3.63) is 0 Å². The molecule has 0 aromatic heterocycles. The van der Waals surface area contributed by atoms with Gasteiger partial charge in [0.05, 0.1) is 5.54 Å². The Bertz CT molecular complexity index is 281. The van der Waals surface area contributed by atoms with Gasteiger partial charge in [0.2, 0.25) is 5.91 Å². The molecule has 0 aliphatic rings. The van der Waals surface area contributed by atoms with Gasteiger partial charge in [-0.3, -0.25) is 4.79 Å². The second kappa shape index (κ2) is 9.35. The molecule has 0 aliphatic heterocycles. The fraction of sp³-hybridized carbons (Fsp3) is 0.938. The van der Waals surface area contributed by atoms with Crippen LogP contribution in [0.15, 0.2) is 0 Å². The lowest BCUT2D eigenvalue weighted by molar-refractivity contribution is -0.124. The molecular weight excluding hydrogens is 250 g/mol. The summed E-state index contributed by atoms with van der Waals surface area (Å²) in [6.07, 6.45) is 4.16. The Labute approximate surface area is 125 Å². The molecule has 0 fully saturated rings. The molecule has 0 aromatic rings. The summed E-state index contributed by atoms with van der Waals surface area (Å²) in [4.78, 5) is 13.9. The summed E-state index contributed by atoms with van der Waals surface area (Å²) in [5.74, 6) is 0.486. The van der Waals surface area contributed by atoms with Crippen molar-refractivity contribution < 1.29 is 4.79 Å². The van der Waals surface area contributed by atoms with Crippen LogP contribution in [0.3, 0.4) is 0 Å². The zero-order valence-electron chi connectivity index (χ0n) is 14.3. The lowest BCUT2D eigenvalue weighted by Gasteiger charge is -2.29. The summed E-state index contributed by atoms with van der Waals surface area (Å²) in [7, 11) is 2.19. The van der Waals surface area contributed by atoms with Gasteiger partial charge in [-0.1, -0.05) is 20.8 Å². The number of hydrogen-bond donors (Lipinski definition) is 2. The van der Waals surface area contributed by atoms with E-state index in [1.54, 1.807) is 0 Å². The molecule has 0 aromatic carbocycles. The largest absolute Gasteiger partial charge is 0.368 e. The molecule has 3 N–H and O–H groups in total. The highest BCUT2D eigenvalue weighted by molar-refractivity contribution is 5.84. The molecule has 0 saturated carbocycles. The highest BCUT2D eigenvalue weighted by Gasteiger charge is 2.28. The Balaban J connectivity index is 4.02. The number of nitrogens with one attached hydrogen (secondary N) is 1. The molecular formula is C16H35N3O. The van der Waals surface area contributed by atoms with Gasteiger partial charge in [0.1, 0.15) is 0 Å². The molecule has 0 radical (unpaired) electrons. The van der Waals surface area contributed by atoms with E-state index in [-0.39, 0.29) is 5.91 Å². The fourth-order valence-electron chi connectivity index (χ4n) is 2.61. The van der Waals surface area contributed by atoms with Crippen LogP contribution >= 0.6 is 0 Å². The molecule has 20 heavy (non-hydrogen) atoms. The quantitative estimate of drug-likeness (QED) is 0.573. The summed E-state index contributed by atoms with van der Waals surface area (Å²) >= 11 is 0. The number of nitrogens with two attached hydrogens (primary N) is 1. The van der Waals surface area contributed by atoms with Gasteiger partial charge in [-0.05, 0) is 65.6 Å². The molecule has 0 saturated heterocycles. The van der Waals surface area contributed by atoms with Crippen molar-refractivity contribution in [2.24, 2.45) is 11.7 Å². The van der Waals surface area contributed by atoms with Crippen LogP contribution in [0.25, 0.3) is 0 Å². The molecule has 0 heterocycles. The predicted molar refractivity (Wildman–Crippen MR) is 86.7 cm³/mol. The van der Waals surface area contributed by atoms with Gasteiger partial charge in [0.15, 0.2) is 0 Å². The van der Waals surface area contributed by atoms with Crippen LogP contribution in [-0.2, 0) is 4.79 Å². The first-order chi connectivity index (χ1) is 9.23. The van der Waals surface area contributed by atoms with Gasteiger partial charge >= 0.3 is 0 Å². The number of nitrogens with zero attached hydrogens (tertiary/aromatic N) is 1. The fourth-order valence-corrected chi connectivity index (χ4v) is 2.61. The summed E-state index contributed by atoms with van der Waals surface area (Å²) in [5.41, 5.74) is 4.93.